The molecule has 2 atom stereocenters. The molecule has 1 saturated carbocycles. The number of hydrogen-bond donors (Lipinski definition) is 0. The standard InChI is InChI=1S/C9H16O/c1-7-4-5-8(2)9(6-7)10-3/h7,9H,2,4-6H2,1,3H3. The minimum atomic E-state index is 0.337. The summed E-state index contributed by atoms with van der Waals surface area (Å²) < 4.78 is 5.27. The van der Waals surface area contributed by atoms with Gasteiger partial charge in [-0.2, -0.15) is 0 Å². The Balaban J connectivity index is 2.45. The van der Waals surface area contributed by atoms with Gasteiger partial charge in [-0.25, -0.2) is 0 Å². The molecular weight excluding hydrogens is 124 g/mol. The lowest BCUT2D eigenvalue weighted by atomic mass is 9.86. The van der Waals surface area contributed by atoms with Crippen LogP contribution in [0.3, 0.4) is 0 Å². The Morgan fingerprint density at radius 3 is 2.80 bits per heavy atom. The molecule has 0 aromatic rings. The van der Waals surface area contributed by atoms with Crippen LogP contribution in [-0.4, -0.2) is 13.2 Å². The predicted molar refractivity (Wildman–Crippen MR) is 43.0 cm³/mol. The Hall–Kier alpha value is -0.300. The minimum absolute atomic E-state index is 0.337. The van der Waals surface area contributed by atoms with Crippen molar-refractivity contribution in [2.75, 3.05) is 7.11 Å². The van der Waals surface area contributed by atoms with Crippen LogP contribution in [-0.2, 0) is 4.74 Å². The third-order valence-electron chi connectivity index (χ3n) is 2.31. The maximum Gasteiger partial charge on any atom is 0.0781 e. The lowest BCUT2D eigenvalue weighted by Gasteiger charge is -2.27. The third kappa shape index (κ3) is 1.60. The van der Waals surface area contributed by atoms with E-state index in [1.165, 1.54) is 12.0 Å². The van der Waals surface area contributed by atoms with Crippen molar-refractivity contribution in [2.24, 2.45) is 5.92 Å². The average Bonchev–Trinajstić information content (AvgIpc) is 1.94. The summed E-state index contributed by atoms with van der Waals surface area (Å²) in [5.41, 5.74) is 1.28. The SMILES string of the molecule is C=C1CCC(C)CC1OC. The normalized spacial score (nSPS) is 34.4. The Kier molecular flexibility index (Phi) is 2.50. The second kappa shape index (κ2) is 3.20. The summed E-state index contributed by atoms with van der Waals surface area (Å²) in [6.07, 6.45) is 3.94. The first kappa shape index (κ1) is 7.80. The predicted octanol–water partition coefficient (Wildman–Crippen LogP) is 2.38. The number of hydrogen-bond acceptors (Lipinski definition) is 1. The molecule has 0 spiro atoms. The smallest absolute Gasteiger partial charge is 0.0781 e. The summed E-state index contributed by atoms with van der Waals surface area (Å²) in [7, 11) is 1.77. The lowest BCUT2D eigenvalue weighted by molar-refractivity contribution is 0.0934. The summed E-state index contributed by atoms with van der Waals surface area (Å²) >= 11 is 0. The maximum atomic E-state index is 5.27. The summed E-state index contributed by atoms with van der Waals surface area (Å²) in [4.78, 5) is 0. The van der Waals surface area contributed by atoms with Crippen LogP contribution in [0.15, 0.2) is 12.2 Å². The van der Waals surface area contributed by atoms with E-state index in [4.69, 9.17) is 4.74 Å². The molecule has 0 aliphatic heterocycles. The van der Waals surface area contributed by atoms with Crippen LogP contribution in [0.25, 0.3) is 0 Å². The van der Waals surface area contributed by atoms with Crippen molar-refractivity contribution in [3.63, 3.8) is 0 Å². The molecule has 1 nitrogen and oxygen atoms in total. The third-order valence-corrected chi connectivity index (χ3v) is 2.31. The number of methoxy groups -OCH3 is 1. The summed E-state index contributed by atoms with van der Waals surface area (Å²) in [6.45, 7) is 6.25. The van der Waals surface area contributed by atoms with E-state index in [2.05, 4.69) is 13.5 Å². The zero-order valence-electron chi connectivity index (χ0n) is 6.89. The van der Waals surface area contributed by atoms with Gasteiger partial charge in [-0.15, -0.1) is 0 Å². The highest BCUT2D eigenvalue weighted by atomic mass is 16.5. The van der Waals surface area contributed by atoms with Gasteiger partial charge in [0.2, 0.25) is 0 Å². The van der Waals surface area contributed by atoms with E-state index < -0.39 is 0 Å². The lowest BCUT2D eigenvalue weighted by Crippen LogP contribution is -2.22. The molecule has 1 heteroatoms. The van der Waals surface area contributed by atoms with Crippen molar-refractivity contribution in [1.82, 2.24) is 0 Å². The molecule has 0 radical (unpaired) electrons. The van der Waals surface area contributed by atoms with Crippen molar-refractivity contribution in [3.05, 3.63) is 12.2 Å². The van der Waals surface area contributed by atoms with Gasteiger partial charge in [-0.05, 0) is 30.8 Å². The van der Waals surface area contributed by atoms with Gasteiger partial charge < -0.3 is 4.74 Å². The van der Waals surface area contributed by atoms with Crippen molar-refractivity contribution >= 4 is 0 Å². The summed E-state index contributed by atoms with van der Waals surface area (Å²) in [5, 5.41) is 0. The molecule has 2 unspecified atom stereocenters. The van der Waals surface area contributed by atoms with Crippen LogP contribution in [0.5, 0.6) is 0 Å². The molecule has 0 aromatic carbocycles. The monoisotopic (exact) mass is 140 g/mol. The van der Waals surface area contributed by atoms with Crippen LogP contribution >= 0.6 is 0 Å². The molecule has 0 amide bonds. The molecular formula is C9H16O. The molecule has 10 heavy (non-hydrogen) atoms. The van der Waals surface area contributed by atoms with E-state index in [1.807, 2.05) is 0 Å². The van der Waals surface area contributed by atoms with Crippen molar-refractivity contribution in [3.8, 4) is 0 Å². The van der Waals surface area contributed by atoms with Gasteiger partial charge >= 0.3 is 0 Å². The highest BCUT2D eigenvalue weighted by Gasteiger charge is 2.20. The molecule has 58 valence electrons. The Morgan fingerprint density at radius 1 is 1.60 bits per heavy atom. The Morgan fingerprint density at radius 2 is 2.30 bits per heavy atom. The Bertz CT molecular complexity index is 129. The van der Waals surface area contributed by atoms with Crippen molar-refractivity contribution in [2.45, 2.75) is 32.3 Å². The number of ether oxygens (including phenoxy) is 1. The summed E-state index contributed by atoms with van der Waals surface area (Å²) in [6, 6.07) is 0. The van der Waals surface area contributed by atoms with Gasteiger partial charge in [0.05, 0.1) is 6.10 Å². The molecule has 0 aromatic heterocycles. The molecule has 0 saturated heterocycles. The van der Waals surface area contributed by atoms with Gasteiger partial charge in [-0.1, -0.05) is 13.5 Å². The van der Waals surface area contributed by atoms with Gasteiger partial charge in [0, 0.05) is 7.11 Å². The van der Waals surface area contributed by atoms with Crippen LogP contribution < -0.4 is 0 Å². The van der Waals surface area contributed by atoms with E-state index in [0.717, 1.165) is 18.8 Å². The van der Waals surface area contributed by atoms with E-state index in [-0.39, 0.29) is 0 Å². The molecule has 1 fully saturated rings. The zero-order valence-corrected chi connectivity index (χ0v) is 6.89. The van der Waals surface area contributed by atoms with E-state index in [1.54, 1.807) is 7.11 Å². The number of rotatable bonds is 1. The van der Waals surface area contributed by atoms with Gasteiger partial charge in [0.15, 0.2) is 0 Å². The molecule has 1 aliphatic carbocycles. The largest absolute Gasteiger partial charge is 0.377 e. The van der Waals surface area contributed by atoms with Crippen LogP contribution in [0.2, 0.25) is 0 Å². The topological polar surface area (TPSA) is 9.23 Å². The fourth-order valence-electron chi connectivity index (χ4n) is 1.51. The average molecular weight is 140 g/mol. The van der Waals surface area contributed by atoms with Gasteiger partial charge in [-0.3, -0.25) is 0 Å². The van der Waals surface area contributed by atoms with Gasteiger partial charge in [0.1, 0.15) is 0 Å². The first-order valence-corrected chi connectivity index (χ1v) is 3.94. The molecule has 1 rings (SSSR count). The summed E-state index contributed by atoms with van der Waals surface area (Å²) in [5.74, 6) is 0.815. The highest BCUT2D eigenvalue weighted by molar-refractivity contribution is 5.05. The molecule has 0 bridgehead atoms. The van der Waals surface area contributed by atoms with Crippen LogP contribution in [0.1, 0.15) is 26.2 Å². The maximum absolute atomic E-state index is 5.27. The fourth-order valence-corrected chi connectivity index (χ4v) is 1.51. The zero-order chi connectivity index (χ0) is 7.56. The Labute approximate surface area is 63.1 Å². The van der Waals surface area contributed by atoms with Crippen molar-refractivity contribution in [1.29, 1.82) is 0 Å². The quantitative estimate of drug-likeness (QED) is 0.508. The second-order valence-electron chi connectivity index (χ2n) is 3.26. The van der Waals surface area contributed by atoms with Crippen LogP contribution in [0, 0.1) is 5.92 Å². The first-order chi connectivity index (χ1) is 4.74. The minimum Gasteiger partial charge on any atom is -0.377 e. The fraction of sp³-hybridized carbons (Fsp3) is 0.778. The van der Waals surface area contributed by atoms with Crippen molar-refractivity contribution < 1.29 is 4.74 Å². The molecule has 0 N–H and O–H groups in total. The van der Waals surface area contributed by atoms with E-state index in [0.29, 0.717) is 6.10 Å². The van der Waals surface area contributed by atoms with E-state index in [9.17, 15) is 0 Å². The second-order valence-corrected chi connectivity index (χ2v) is 3.26. The first-order valence-electron chi connectivity index (χ1n) is 3.94. The van der Waals surface area contributed by atoms with E-state index >= 15 is 0 Å². The van der Waals surface area contributed by atoms with Gasteiger partial charge in [0.25, 0.3) is 0 Å². The highest BCUT2D eigenvalue weighted by Crippen LogP contribution is 2.28. The van der Waals surface area contributed by atoms with Crippen LogP contribution in [0.4, 0.5) is 0 Å². The molecule has 0 heterocycles. The molecule has 1 aliphatic rings.